The number of para-hydroxylation sites is 1. The normalized spacial score (nSPS) is 10.1. The van der Waals surface area contributed by atoms with Gasteiger partial charge in [-0.2, -0.15) is 11.8 Å². The van der Waals surface area contributed by atoms with Crippen molar-refractivity contribution >= 4 is 35.0 Å². The summed E-state index contributed by atoms with van der Waals surface area (Å²) in [5.74, 6) is 0.195. The lowest BCUT2D eigenvalue weighted by Gasteiger charge is -2.06. The molecule has 0 bridgehead atoms. The van der Waals surface area contributed by atoms with Crippen molar-refractivity contribution in [3.8, 4) is 0 Å². The second kappa shape index (κ2) is 8.95. The standard InChI is InChI=1S/C17H17FN2O2S/c18-13-6-8-15(9-7-13)20-17(22)12-23-11-10-16(21)19-14-4-2-1-3-5-14/h1-9H,10-12H2,(H,19,21)(H,20,22). The van der Waals surface area contributed by atoms with Crippen molar-refractivity contribution in [1.82, 2.24) is 0 Å². The predicted molar refractivity (Wildman–Crippen MR) is 92.0 cm³/mol. The van der Waals surface area contributed by atoms with Gasteiger partial charge in [-0.1, -0.05) is 18.2 Å². The Morgan fingerprint density at radius 2 is 1.48 bits per heavy atom. The molecule has 0 fully saturated rings. The summed E-state index contributed by atoms with van der Waals surface area (Å²) < 4.78 is 12.7. The van der Waals surface area contributed by atoms with Crippen molar-refractivity contribution in [3.63, 3.8) is 0 Å². The third-order valence-electron chi connectivity index (χ3n) is 2.89. The van der Waals surface area contributed by atoms with Crippen LogP contribution in [0.3, 0.4) is 0 Å². The fourth-order valence-electron chi connectivity index (χ4n) is 1.81. The lowest BCUT2D eigenvalue weighted by atomic mass is 10.3. The topological polar surface area (TPSA) is 58.2 Å². The molecule has 0 aromatic heterocycles. The van der Waals surface area contributed by atoms with Gasteiger partial charge < -0.3 is 10.6 Å². The number of halogens is 1. The minimum absolute atomic E-state index is 0.0809. The molecule has 0 saturated carbocycles. The van der Waals surface area contributed by atoms with Crippen LogP contribution in [0.4, 0.5) is 15.8 Å². The number of carbonyl (C=O) groups is 2. The van der Waals surface area contributed by atoms with Gasteiger partial charge in [-0.05, 0) is 36.4 Å². The summed E-state index contributed by atoms with van der Waals surface area (Å²) >= 11 is 1.38. The molecule has 120 valence electrons. The Balaban J connectivity index is 1.62. The molecule has 0 aliphatic heterocycles. The molecular formula is C17H17FN2O2S. The van der Waals surface area contributed by atoms with Crippen molar-refractivity contribution in [1.29, 1.82) is 0 Å². The minimum atomic E-state index is -0.346. The average Bonchev–Trinajstić information content (AvgIpc) is 2.55. The van der Waals surface area contributed by atoms with Gasteiger partial charge in [-0.3, -0.25) is 9.59 Å². The summed E-state index contributed by atoms with van der Waals surface area (Å²) in [6.07, 6.45) is 0.337. The van der Waals surface area contributed by atoms with E-state index in [4.69, 9.17) is 0 Å². The smallest absolute Gasteiger partial charge is 0.234 e. The SMILES string of the molecule is O=C(CCSCC(=O)Nc1ccc(F)cc1)Nc1ccccc1. The number of anilines is 2. The zero-order chi connectivity index (χ0) is 16.5. The number of hydrogen-bond acceptors (Lipinski definition) is 3. The Hall–Kier alpha value is -2.34. The zero-order valence-corrected chi connectivity index (χ0v) is 13.2. The van der Waals surface area contributed by atoms with E-state index in [2.05, 4.69) is 10.6 Å². The molecular weight excluding hydrogens is 315 g/mol. The third kappa shape index (κ3) is 6.52. The Morgan fingerprint density at radius 1 is 0.870 bits per heavy atom. The van der Waals surface area contributed by atoms with E-state index in [0.717, 1.165) is 5.69 Å². The van der Waals surface area contributed by atoms with Crippen LogP contribution >= 0.6 is 11.8 Å². The molecule has 6 heteroatoms. The number of hydrogen-bond donors (Lipinski definition) is 2. The molecule has 0 atom stereocenters. The maximum absolute atomic E-state index is 12.7. The number of carbonyl (C=O) groups excluding carboxylic acids is 2. The number of nitrogens with one attached hydrogen (secondary N) is 2. The van der Waals surface area contributed by atoms with Crippen LogP contribution in [0, 0.1) is 5.82 Å². The van der Waals surface area contributed by atoms with E-state index >= 15 is 0 Å². The van der Waals surface area contributed by atoms with Gasteiger partial charge in [0.1, 0.15) is 5.82 Å². The molecule has 0 aliphatic carbocycles. The molecule has 2 aromatic rings. The molecule has 23 heavy (non-hydrogen) atoms. The van der Waals surface area contributed by atoms with E-state index in [0.29, 0.717) is 17.9 Å². The summed E-state index contributed by atoms with van der Waals surface area (Å²) in [6, 6.07) is 14.8. The van der Waals surface area contributed by atoms with Crippen LogP contribution in [0.2, 0.25) is 0 Å². The highest BCUT2D eigenvalue weighted by Gasteiger charge is 2.05. The van der Waals surface area contributed by atoms with Gasteiger partial charge in [-0.25, -0.2) is 4.39 Å². The summed E-state index contributed by atoms with van der Waals surface area (Å²) in [4.78, 5) is 23.4. The summed E-state index contributed by atoms with van der Waals surface area (Å²) in [5.41, 5.74) is 1.32. The summed E-state index contributed by atoms with van der Waals surface area (Å²) in [6.45, 7) is 0. The van der Waals surface area contributed by atoms with E-state index in [1.165, 1.54) is 36.0 Å². The van der Waals surface area contributed by atoms with Crippen LogP contribution in [0.1, 0.15) is 6.42 Å². The average molecular weight is 332 g/mol. The molecule has 0 spiro atoms. The predicted octanol–water partition coefficient (Wildman–Crippen LogP) is 3.53. The molecule has 0 aliphatic rings. The number of amides is 2. The molecule has 0 saturated heterocycles. The van der Waals surface area contributed by atoms with Gasteiger partial charge in [0.25, 0.3) is 0 Å². The van der Waals surface area contributed by atoms with E-state index < -0.39 is 0 Å². The van der Waals surface area contributed by atoms with Crippen molar-refractivity contribution in [2.45, 2.75) is 6.42 Å². The largest absolute Gasteiger partial charge is 0.326 e. The molecule has 0 unspecified atom stereocenters. The maximum Gasteiger partial charge on any atom is 0.234 e. The third-order valence-corrected chi connectivity index (χ3v) is 3.85. The Kier molecular flexibility index (Phi) is 6.62. The first-order valence-corrected chi connectivity index (χ1v) is 8.27. The van der Waals surface area contributed by atoms with Crippen LogP contribution in [0.15, 0.2) is 54.6 Å². The molecule has 0 radical (unpaired) electrons. The van der Waals surface area contributed by atoms with Gasteiger partial charge in [0.05, 0.1) is 5.75 Å². The Bertz CT molecular complexity index is 647. The quantitative estimate of drug-likeness (QED) is 0.763. The van der Waals surface area contributed by atoms with E-state index in [-0.39, 0.29) is 23.4 Å². The van der Waals surface area contributed by atoms with Crippen LogP contribution in [0.25, 0.3) is 0 Å². The summed E-state index contributed by atoms with van der Waals surface area (Å²) in [5, 5.41) is 5.46. The number of benzene rings is 2. The second-order valence-corrected chi connectivity index (χ2v) is 5.88. The van der Waals surface area contributed by atoms with Crippen molar-refractivity contribution in [2.24, 2.45) is 0 Å². The maximum atomic E-state index is 12.7. The monoisotopic (exact) mass is 332 g/mol. The van der Waals surface area contributed by atoms with Crippen LogP contribution in [-0.2, 0) is 9.59 Å². The van der Waals surface area contributed by atoms with Gasteiger partial charge in [-0.15, -0.1) is 0 Å². The zero-order valence-electron chi connectivity index (χ0n) is 12.4. The highest BCUT2D eigenvalue weighted by atomic mass is 32.2. The van der Waals surface area contributed by atoms with Crippen molar-refractivity contribution in [3.05, 3.63) is 60.4 Å². The first-order chi connectivity index (χ1) is 11.1. The molecule has 2 rings (SSSR count). The lowest BCUT2D eigenvalue weighted by Crippen LogP contribution is -2.16. The first-order valence-electron chi connectivity index (χ1n) is 7.11. The van der Waals surface area contributed by atoms with Gasteiger partial charge in [0.2, 0.25) is 11.8 Å². The first kappa shape index (κ1) is 17.0. The van der Waals surface area contributed by atoms with Crippen molar-refractivity contribution in [2.75, 3.05) is 22.1 Å². The van der Waals surface area contributed by atoms with Gasteiger partial charge >= 0.3 is 0 Å². The Labute approximate surface area is 138 Å². The van der Waals surface area contributed by atoms with Gasteiger partial charge in [0, 0.05) is 23.5 Å². The highest BCUT2D eigenvalue weighted by molar-refractivity contribution is 7.99. The number of rotatable bonds is 7. The lowest BCUT2D eigenvalue weighted by molar-refractivity contribution is -0.116. The van der Waals surface area contributed by atoms with Crippen LogP contribution < -0.4 is 10.6 Å². The van der Waals surface area contributed by atoms with Crippen molar-refractivity contribution < 1.29 is 14.0 Å². The van der Waals surface area contributed by atoms with E-state index in [9.17, 15) is 14.0 Å². The Morgan fingerprint density at radius 3 is 2.17 bits per heavy atom. The molecule has 4 nitrogen and oxygen atoms in total. The van der Waals surface area contributed by atoms with Gasteiger partial charge in [0.15, 0.2) is 0 Å². The number of thioether (sulfide) groups is 1. The molecule has 2 aromatic carbocycles. The molecule has 2 amide bonds. The minimum Gasteiger partial charge on any atom is -0.326 e. The molecule has 2 N–H and O–H groups in total. The highest BCUT2D eigenvalue weighted by Crippen LogP contribution is 2.11. The fourth-order valence-corrected chi connectivity index (χ4v) is 2.54. The fraction of sp³-hybridized carbons (Fsp3) is 0.176. The molecule has 0 heterocycles. The second-order valence-electron chi connectivity index (χ2n) is 4.77. The van der Waals surface area contributed by atoms with E-state index in [1.54, 1.807) is 0 Å². The van der Waals surface area contributed by atoms with E-state index in [1.807, 2.05) is 30.3 Å². The van der Waals surface area contributed by atoms with Crippen LogP contribution in [0.5, 0.6) is 0 Å². The summed E-state index contributed by atoms with van der Waals surface area (Å²) in [7, 11) is 0. The van der Waals surface area contributed by atoms with Crippen LogP contribution in [-0.4, -0.2) is 23.3 Å².